The summed E-state index contributed by atoms with van der Waals surface area (Å²) in [6.45, 7) is 0. The second-order valence-electron chi connectivity index (χ2n) is 1.62. The van der Waals surface area contributed by atoms with E-state index in [9.17, 15) is 13.2 Å². The van der Waals surface area contributed by atoms with Crippen molar-refractivity contribution in [2.24, 2.45) is 0 Å². The standard InChI is InChI=1S/C4H5Cl2F3Si/c5-3(6)10-2-1-4(7,8)9/h3H,1-2H2. The summed E-state index contributed by atoms with van der Waals surface area (Å²) in [5, 5.41) is 0. The third-order valence-corrected chi connectivity index (χ3v) is 2.48. The topological polar surface area (TPSA) is 0 Å². The normalized spacial score (nSPS) is 12.6. The minimum absolute atomic E-state index is 0.0269. The maximum atomic E-state index is 11.4. The van der Waals surface area contributed by atoms with E-state index in [2.05, 4.69) is 0 Å². The van der Waals surface area contributed by atoms with Gasteiger partial charge in [-0.3, -0.25) is 0 Å². The van der Waals surface area contributed by atoms with Gasteiger partial charge in [-0.05, 0) is 0 Å². The zero-order chi connectivity index (χ0) is 8.20. The molecule has 0 unspecified atom stereocenters. The Morgan fingerprint density at radius 2 is 1.80 bits per heavy atom. The first kappa shape index (κ1) is 10.6. The lowest BCUT2D eigenvalue weighted by atomic mass is 10.5. The lowest BCUT2D eigenvalue weighted by Gasteiger charge is -2.04. The van der Waals surface area contributed by atoms with E-state index >= 15 is 0 Å². The van der Waals surface area contributed by atoms with E-state index in [1.807, 2.05) is 0 Å². The Morgan fingerprint density at radius 3 is 2.10 bits per heavy atom. The number of halogens is 5. The van der Waals surface area contributed by atoms with Gasteiger partial charge in [0.25, 0.3) is 0 Å². The molecule has 0 amide bonds. The maximum absolute atomic E-state index is 11.4. The first-order chi connectivity index (χ1) is 4.42. The molecule has 0 aliphatic rings. The van der Waals surface area contributed by atoms with Crippen LogP contribution >= 0.6 is 23.2 Å². The fourth-order valence-electron chi connectivity index (χ4n) is 0.323. The van der Waals surface area contributed by atoms with Crippen LogP contribution in [0.2, 0.25) is 6.04 Å². The van der Waals surface area contributed by atoms with Gasteiger partial charge in [0.15, 0.2) is 0 Å². The summed E-state index contributed by atoms with van der Waals surface area (Å²) in [7, 11) is -0.0269. The first-order valence-corrected chi connectivity index (χ1v) is 4.66. The van der Waals surface area contributed by atoms with Gasteiger partial charge in [-0.15, -0.1) is 23.2 Å². The summed E-state index contributed by atoms with van der Waals surface area (Å²) in [6, 6.07) is 0.0289. The molecule has 0 rings (SSSR count). The van der Waals surface area contributed by atoms with Gasteiger partial charge < -0.3 is 0 Å². The fourth-order valence-corrected chi connectivity index (χ4v) is 1.62. The fraction of sp³-hybridized carbons (Fsp3) is 1.00. The van der Waals surface area contributed by atoms with Crippen LogP contribution in [0.3, 0.4) is 0 Å². The number of alkyl halides is 5. The highest BCUT2D eigenvalue weighted by Gasteiger charge is 2.26. The molecule has 0 fully saturated rings. The smallest absolute Gasteiger partial charge is 0.171 e. The molecule has 0 bridgehead atoms. The Bertz CT molecular complexity index is 93.0. The maximum Gasteiger partial charge on any atom is 0.388 e. The van der Waals surface area contributed by atoms with Gasteiger partial charge in [0.05, 0.1) is 14.0 Å². The van der Waals surface area contributed by atoms with Crippen LogP contribution < -0.4 is 0 Å². The Balaban J connectivity index is 3.21. The molecule has 2 radical (unpaired) electrons. The number of rotatable bonds is 3. The lowest BCUT2D eigenvalue weighted by Crippen LogP contribution is -2.10. The van der Waals surface area contributed by atoms with Crippen LogP contribution in [0.15, 0.2) is 0 Å². The van der Waals surface area contributed by atoms with Crippen LogP contribution in [-0.4, -0.2) is 20.2 Å². The highest BCUT2D eigenvalue weighted by molar-refractivity contribution is 6.68. The monoisotopic (exact) mass is 208 g/mol. The molecule has 0 aliphatic heterocycles. The van der Waals surface area contributed by atoms with Gasteiger partial charge in [0.2, 0.25) is 0 Å². The summed E-state index contributed by atoms with van der Waals surface area (Å²) in [5.41, 5.74) is 0. The Kier molecular flexibility index (Phi) is 4.72. The molecule has 0 saturated heterocycles. The molecule has 0 spiro atoms. The van der Waals surface area contributed by atoms with Gasteiger partial charge in [-0.25, -0.2) is 0 Å². The summed E-state index contributed by atoms with van der Waals surface area (Å²) in [5.74, 6) is 0. The molecule has 60 valence electrons. The Morgan fingerprint density at radius 1 is 1.30 bits per heavy atom. The third kappa shape index (κ3) is 8.59. The van der Waals surface area contributed by atoms with Crippen molar-refractivity contribution in [2.75, 3.05) is 0 Å². The first-order valence-electron chi connectivity index (χ1n) is 2.50. The van der Waals surface area contributed by atoms with Gasteiger partial charge in [-0.2, -0.15) is 13.2 Å². The van der Waals surface area contributed by atoms with Crippen LogP contribution in [-0.2, 0) is 0 Å². The highest BCUT2D eigenvalue weighted by Crippen LogP contribution is 2.22. The molecule has 6 heteroatoms. The Hall–Kier alpha value is 0.587. The van der Waals surface area contributed by atoms with Crippen molar-refractivity contribution in [2.45, 2.75) is 23.1 Å². The van der Waals surface area contributed by atoms with E-state index in [-0.39, 0.29) is 15.6 Å². The third-order valence-electron chi connectivity index (χ3n) is 0.707. The van der Waals surface area contributed by atoms with Crippen LogP contribution in [0.5, 0.6) is 0 Å². The molecule has 0 saturated carbocycles. The zero-order valence-corrected chi connectivity index (χ0v) is 7.39. The summed E-state index contributed by atoms with van der Waals surface area (Å²) >= 11 is 10.4. The Labute approximate surface area is 69.5 Å². The average Bonchev–Trinajstić information content (AvgIpc) is 1.59. The van der Waals surface area contributed by atoms with Gasteiger partial charge in [0.1, 0.15) is 0 Å². The molecular formula is C4H5Cl2F3Si. The minimum atomic E-state index is -4.07. The molecule has 10 heavy (non-hydrogen) atoms. The van der Waals surface area contributed by atoms with Crippen LogP contribution in [0.1, 0.15) is 6.42 Å². The molecule has 0 atom stereocenters. The number of hydrogen-bond acceptors (Lipinski definition) is 0. The SMILES string of the molecule is FC(F)(F)CC[Si]C(Cl)Cl. The van der Waals surface area contributed by atoms with Crippen molar-refractivity contribution in [3.63, 3.8) is 0 Å². The predicted molar refractivity (Wildman–Crippen MR) is 36.7 cm³/mol. The van der Waals surface area contributed by atoms with Crippen LogP contribution in [0, 0.1) is 0 Å². The second-order valence-corrected chi connectivity index (χ2v) is 4.93. The van der Waals surface area contributed by atoms with Gasteiger partial charge >= 0.3 is 6.18 Å². The number of hydrogen-bond donors (Lipinski definition) is 0. The van der Waals surface area contributed by atoms with Crippen molar-refractivity contribution < 1.29 is 13.2 Å². The molecule has 0 aromatic rings. The van der Waals surface area contributed by atoms with E-state index in [0.717, 1.165) is 0 Å². The van der Waals surface area contributed by atoms with Crippen molar-refractivity contribution in [3.05, 3.63) is 0 Å². The second kappa shape index (κ2) is 4.46. The molecular weight excluding hydrogens is 204 g/mol. The average molecular weight is 209 g/mol. The van der Waals surface area contributed by atoms with Gasteiger partial charge in [-0.1, -0.05) is 6.04 Å². The van der Waals surface area contributed by atoms with E-state index in [1.165, 1.54) is 0 Å². The zero-order valence-electron chi connectivity index (χ0n) is 4.88. The molecule has 0 aromatic heterocycles. The lowest BCUT2D eigenvalue weighted by molar-refractivity contribution is -0.130. The van der Waals surface area contributed by atoms with Crippen molar-refractivity contribution in [3.8, 4) is 0 Å². The van der Waals surface area contributed by atoms with E-state index in [0.29, 0.717) is 0 Å². The molecule has 0 aliphatic carbocycles. The highest BCUT2D eigenvalue weighted by atomic mass is 35.5. The quantitative estimate of drug-likeness (QED) is 0.495. The van der Waals surface area contributed by atoms with Gasteiger partial charge in [0, 0.05) is 6.42 Å². The predicted octanol–water partition coefficient (Wildman–Crippen LogP) is 2.82. The largest absolute Gasteiger partial charge is 0.388 e. The molecule has 0 heterocycles. The van der Waals surface area contributed by atoms with Crippen molar-refractivity contribution in [1.82, 2.24) is 0 Å². The van der Waals surface area contributed by atoms with Crippen LogP contribution in [0.4, 0.5) is 13.2 Å². The summed E-state index contributed by atoms with van der Waals surface area (Å²) < 4.78 is 33.6. The molecule has 0 aromatic carbocycles. The van der Waals surface area contributed by atoms with E-state index < -0.39 is 17.1 Å². The van der Waals surface area contributed by atoms with E-state index in [4.69, 9.17) is 23.2 Å². The van der Waals surface area contributed by atoms with Crippen LogP contribution in [0.25, 0.3) is 0 Å². The summed E-state index contributed by atoms with van der Waals surface area (Å²) in [4.78, 5) is 0. The summed E-state index contributed by atoms with van der Waals surface area (Å²) in [6.07, 6.45) is -4.86. The van der Waals surface area contributed by atoms with Crippen molar-refractivity contribution in [1.29, 1.82) is 0 Å². The van der Waals surface area contributed by atoms with E-state index in [1.54, 1.807) is 0 Å². The minimum Gasteiger partial charge on any atom is -0.171 e. The molecule has 0 N–H and O–H groups in total. The van der Waals surface area contributed by atoms with Crippen molar-refractivity contribution >= 4 is 32.7 Å². The molecule has 0 nitrogen and oxygen atoms in total.